The van der Waals surface area contributed by atoms with Crippen molar-refractivity contribution >= 4 is 23.0 Å². The number of ether oxygens (including phenoxy) is 1. The van der Waals surface area contributed by atoms with Gasteiger partial charge in [-0.05, 0) is 38.0 Å². The van der Waals surface area contributed by atoms with Crippen LogP contribution < -0.4 is 5.73 Å². The third kappa shape index (κ3) is 2.79. The Balaban J connectivity index is 2.42. The Labute approximate surface area is 117 Å². The molecule has 19 heavy (non-hydrogen) atoms. The predicted octanol–water partition coefficient (Wildman–Crippen LogP) is 3.79. The summed E-state index contributed by atoms with van der Waals surface area (Å²) in [6.45, 7) is 6.26. The highest BCUT2D eigenvalue weighted by Gasteiger charge is 2.17. The van der Waals surface area contributed by atoms with Gasteiger partial charge in [-0.25, -0.2) is 4.79 Å². The molecule has 0 spiro atoms. The molecular weight excluding hydrogens is 258 g/mol. The standard InChI is InChI=1S/C15H17NO2S/c1-4-18-15(17)14-12(16)8-13(19-14)11-6-5-9(2)7-10(11)3/h5-8H,4,16H2,1-3H3. The van der Waals surface area contributed by atoms with Gasteiger partial charge in [-0.2, -0.15) is 0 Å². The van der Waals surface area contributed by atoms with Crippen LogP contribution >= 0.6 is 11.3 Å². The van der Waals surface area contributed by atoms with E-state index in [4.69, 9.17) is 10.5 Å². The minimum absolute atomic E-state index is 0.346. The van der Waals surface area contributed by atoms with Crippen LogP contribution in [-0.4, -0.2) is 12.6 Å². The molecule has 0 aliphatic carbocycles. The maximum Gasteiger partial charge on any atom is 0.350 e. The summed E-state index contributed by atoms with van der Waals surface area (Å²) in [6.07, 6.45) is 0. The van der Waals surface area contributed by atoms with Crippen LogP contribution in [0, 0.1) is 13.8 Å². The van der Waals surface area contributed by atoms with Gasteiger partial charge in [0, 0.05) is 4.88 Å². The first-order valence-electron chi connectivity index (χ1n) is 6.17. The Morgan fingerprint density at radius 2 is 2.05 bits per heavy atom. The number of hydrogen-bond donors (Lipinski definition) is 1. The van der Waals surface area contributed by atoms with Gasteiger partial charge >= 0.3 is 5.97 Å². The highest BCUT2D eigenvalue weighted by molar-refractivity contribution is 7.18. The lowest BCUT2D eigenvalue weighted by Gasteiger charge is -2.04. The summed E-state index contributed by atoms with van der Waals surface area (Å²) in [4.78, 5) is 13.2. The first-order chi connectivity index (χ1) is 9.02. The van der Waals surface area contributed by atoms with Crippen molar-refractivity contribution in [2.45, 2.75) is 20.8 Å². The van der Waals surface area contributed by atoms with Gasteiger partial charge < -0.3 is 10.5 Å². The molecule has 0 radical (unpaired) electrons. The van der Waals surface area contributed by atoms with Crippen molar-refractivity contribution in [3.63, 3.8) is 0 Å². The molecule has 0 amide bonds. The van der Waals surface area contributed by atoms with E-state index >= 15 is 0 Å². The number of thiophene rings is 1. The summed E-state index contributed by atoms with van der Waals surface area (Å²) in [5.41, 5.74) is 9.89. The van der Waals surface area contributed by atoms with E-state index in [1.807, 2.05) is 6.07 Å². The number of nitrogen functional groups attached to an aromatic ring is 1. The van der Waals surface area contributed by atoms with E-state index in [2.05, 4.69) is 32.0 Å². The molecule has 4 heteroatoms. The van der Waals surface area contributed by atoms with Crippen LogP contribution in [0.15, 0.2) is 24.3 Å². The molecule has 1 aromatic carbocycles. The molecule has 100 valence electrons. The zero-order valence-corrected chi connectivity index (χ0v) is 12.1. The summed E-state index contributed by atoms with van der Waals surface area (Å²) in [7, 11) is 0. The normalized spacial score (nSPS) is 10.5. The molecule has 0 bridgehead atoms. The molecule has 1 heterocycles. The van der Waals surface area contributed by atoms with E-state index in [-0.39, 0.29) is 5.97 Å². The summed E-state index contributed by atoms with van der Waals surface area (Å²) in [6, 6.07) is 8.08. The van der Waals surface area contributed by atoms with Crippen molar-refractivity contribution in [3.8, 4) is 10.4 Å². The van der Waals surface area contributed by atoms with E-state index in [0.29, 0.717) is 17.2 Å². The highest BCUT2D eigenvalue weighted by Crippen LogP contribution is 2.35. The van der Waals surface area contributed by atoms with Crippen LogP contribution in [-0.2, 0) is 4.74 Å². The van der Waals surface area contributed by atoms with Crippen molar-refractivity contribution in [2.24, 2.45) is 0 Å². The van der Waals surface area contributed by atoms with Crippen molar-refractivity contribution in [2.75, 3.05) is 12.3 Å². The van der Waals surface area contributed by atoms with Crippen molar-refractivity contribution in [3.05, 3.63) is 40.3 Å². The first-order valence-corrected chi connectivity index (χ1v) is 6.98. The van der Waals surface area contributed by atoms with Gasteiger partial charge in [0.15, 0.2) is 0 Å². The lowest BCUT2D eigenvalue weighted by Crippen LogP contribution is -2.04. The highest BCUT2D eigenvalue weighted by atomic mass is 32.1. The average Bonchev–Trinajstić information content (AvgIpc) is 2.71. The average molecular weight is 275 g/mol. The molecule has 0 aliphatic heterocycles. The van der Waals surface area contributed by atoms with Crippen LogP contribution in [0.1, 0.15) is 27.7 Å². The second-order valence-corrected chi connectivity index (χ2v) is 5.49. The minimum Gasteiger partial charge on any atom is -0.462 e. The zero-order valence-electron chi connectivity index (χ0n) is 11.3. The van der Waals surface area contributed by atoms with Crippen LogP contribution in [0.4, 0.5) is 5.69 Å². The number of carbonyl (C=O) groups is 1. The molecular formula is C15H17NO2S. The summed E-state index contributed by atoms with van der Waals surface area (Å²) in [5, 5.41) is 0. The van der Waals surface area contributed by atoms with Crippen molar-refractivity contribution in [1.29, 1.82) is 0 Å². The quantitative estimate of drug-likeness (QED) is 0.867. The molecule has 1 aromatic heterocycles. The largest absolute Gasteiger partial charge is 0.462 e. The Morgan fingerprint density at radius 1 is 1.32 bits per heavy atom. The molecule has 0 atom stereocenters. The van der Waals surface area contributed by atoms with E-state index in [1.54, 1.807) is 6.92 Å². The fourth-order valence-electron chi connectivity index (χ4n) is 1.98. The second-order valence-electron chi connectivity index (χ2n) is 4.43. The fraction of sp³-hybridized carbons (Fsp3) is 0.267. The third-order valence-electron chi connectivity index (χ3n) is 2.87. The molecule has 2 rings (SSSR count). The Hall–Kier alpha value is -1.81. The van der Waals surface area contributed by atoms with Gasteiger partial charge in [0.2, 0.25) is 0 Å². The van der Waals surface area contributed by atoms with Crippen LogP contribution in [0.3, 0.4) is 0 Å². The van der Waals surface area contributed by atoms with E-state index < -0.39 is 0 Å². The number of anilines is 1. The molecule has 2 aromatic rings. The van der Waals surface area contributed by atoms with Gasteiger partial charge in [-0.15, -0.1) is 11.3 Å². The lowest BCUT2D eigenvalue weighted by atomic mass is 10.0. The second kappa shape index (κ2) is 5.45. The number of carbonyl (C=O) groups excluding carboxylic acids is 1. The third-order valence-corrected chi connectivity index (χ3v) is 4.03. The van der Waals surface area contributed by atoms with E-state index in [0.717, 1.165) is 10.4 Å². The maximum atomic E-state index is 11.8. The smallest absolute Gasteiger partial charge is 0.350 e. The number of esters is 1. The van der Waals surface area contributed by atoms with Gasteiger partial charge in [-0.1, -0.05) is 23.8 Å². The van der Waals surface area contributed by atoms with Gasteiger partial charge in [-0.3, -0.25) is 0 Å². The number of benzene rings is 1. The molecule has 2 N–H and O–H groups in total. The number of aryl methyl sites for hydroxylation is 2. The zero-order chi connectivity index (χ0) is 14.0. The van der Waals surface area contributed by atoms with Crippen LogP contribution in [0.5, 0.6) is 0 Å². The fourth-order valence-corrected chi connectivity index (χ4v) is 3.05. The topological polar surface area (TPSA) is 52.3 Å². The molecule has 0 aliphatic rings. The molecule has 0 saturated carbocycles. The number of nitrogens with two attached hydrogens (primary N) is 1. The van der Waals surface area contributed by atoms with Gasteiger partial charge in [0.1, 0.15) is 4.88 Å². The lowest BCUT2D eigenvalue weighted by molar-refractivity contribution is 0.0533. The molecule has 0 saturated heterocycles. The predicted molar refractivity (Wildman–Crippen MR) is 79.6 cm³/mol. The van der Waals surface area contributed by atoms with Gasteiger partial charge in [0.05, 0.1) is 12.3 Å². The summed E-state index contributed by atoms with van der Waals surface area (Å²) >= 11 is 1.38. The van der Waals surface area contributed by atoms with Crippen molar-refractivity contribution < 1.29 is 9.53 Å². The number of rotatable bonds is 3. The monoisotopic (exact) mass is 275 g/mol. The van der Waals surface area contributed by atoms with E-state index in [1.165, 1.54) is 22.5 Å². The Kier molecular flexibility index (Phi) is 3.90. The molecule has 0 unspecified atom stereocenters. The van der Waals surface area contributed by atoms with Crippen molar-refractivity contribution in [1.82, 2.24) is 0 Å². The number of hydrogen-bond acceptors (Lipinski definition) is 4. The van der Waals surface area contributed by atoms with E-state index in [9.17, 15) is 4.79 Å². The Morgan fingerprint density at radius 3 is 2.68 bits per heavy atom. The maximum absolute atomic E-state index is 11.8. The Bertz CT molecular complexity index is 617. The van der Waals surface area contributed by atoms with Crippen LogP contribution in [0.2, 0.25) is 0 Å². The first kappa shape index (κ1) is 13.6. The SMILES string of the molecule is CCOC(=O)c1sc(-c2ccc(C)cc2C)cc1N. The summed E-state index contributed by atoms with van der Waals surface area (Å²) in [5.74, 6) is -0.346. The van der Waals surface area contributed by atoms with Gasteiger partial charge in [0.25, 0.3) is 0 Å². The molecule has 0 fully saturated rings. The summed E-state index contributed by atoms with van der Waals surface area (Å²) < 4.78 is 5.00. The molecule has 3 nitrogen and oxygen atoms in total. The van der Waals surface area contributed by atoms with Crippen LogP contribution in [0.25, 0.3) is 10.4 Å². The minimum atomic E-state index is -0.346.